The number of nitro benzene ring substituents is 1. The van der Waals surface area contributed by atoms with Crippen LogP contribution in [0.4, 0.5) is 11.4 Å². The van der Waals surface area contributed by atoms with Gasteiger partial charge in [0.1, 0.15) is 5.69 Å². The molecule has 8 heteroatoms. The minimum Gasteiger partial charge on any atom is -0.379 e. The molecule has 2 N–H and O–H groups in total. The first-order valence-electron chi connectivity index (χ1n) is 6.28. The second-order valence-electron chi connectivity index (χ2n) is 5.52. The fourth-order valence-corrected chi connectivity index (χ4v) is 1.94. The van der Waals surface area contributed by atoms with E-state index in [2.05, 4.69) is 10.6 Å². The predicted molar refractivity (Wildman–Crippen MR) is 84.1 cm³/mol. The highest BCUT2D eigenvalue weighted by Gasteiger charge is 2.18. The van der Waals surface area contributed by atoms with Crippen molar-refractivity contribution in [2.45, 2.75) is 32.7 Å². The Balaban J connectivity index is 2.69. The summed E-state index contributed by atoms with van der Waals surface area (Å²) in [7, 11) is 0. The zero-order valence-electron chi connectivity index (χ0n) is 12.0. The first-order chi connectivity index (χ1) is 9.60. The first kappa shape index (κ1) is 17.5. The number of rotatable bonds is 5. The van der Waals surface area contributed by atoms with E-state index in [9.17, 15) is 14.9 Å². The largest absolute Gasteiger partial charge is 0.379 e. The number of benzene rings is 1. The standard InChI is InChI=1S/C13H17Cl2N3O3/c1-13(2,3)17-12(19)4-5-16-10-6-8(14)9(15)7-11(10)18(20)21/h6-7,16H,4-5H2,1-3H3,(H,17,19). The Labute approximate surface area is 133 Å². The zero-order valence-corrected chi connectivity index (χ0v) is 13.5. The predicted octanol–water partition coefficient (Wildman–Crippen LogP) is 3.62. The Morgan fingerprint density at radius 1 is 1.29 bits per heavy atom. The Morgan fingerprint density at radius 3 is 2.38 bits per heavy atom. The summed E-state index contributed by atoms with van der Waals surface area (Å²) in [6.07, 6.45) is 0.189. The molecule has 0 aromatic heterocycles. The van der Waals surface area contributed by atoms with Crippen molar-refractivity contribution in [3.63, 3.8) is 0 Å². The van der Waals surface area contributed by atoms with Crippen LogP contribution in [0.2, 0.25) is 10.0 Å². The third-order valence-corrected chi connectivity index (χ3v) is 3.14. The van der Waals surface area contributed by atoms with Gasteiger partial charge in [-0.3, -0.25) is 14.9 Å². The molecule has 0 bridgehead atoms. The van der Waals surface area contributed by atoms with Crippen LogP contribution in [0.1, 0.15) is 27.2 Å². The fourth-order valence-electron chi connectivity index (χ4n) is 1.62. The lowest BCUT2D eigenvalue weighted by molar-refractivity contribution is -0.383. The summed E-state index contributed by atoms with van der Waals surface area (Å²) in [5, 5.41) is 16.9. The number of nitro groups is 1. The third-order valence-electron chi connectivity index (χ3n) is 2.42. The number of carbonyl (C=O) groups is 1. The molecule has 0 aliphatic rings. The molecule has 0 atom stereocenters. The molecular weight excluding hydrogens is 317 g/mol. The van der Waals surface area contributed by atoms with E-state index >= 15 is 0 Å². The molecule has 0 radical (unpaired) electrons. The summed E-state index contributed by atoms with van der Waals surface area (Å²) in [6.45, 7) is 5.88. The molecule has 0 saturated heterocycles. The van der Waals surface area contributed by atoms with Gasteiger partial charge in [-0.1, -0.05) is 23.2 Å². The molecule has 0 heterocycles. The third kappa shape index (κ3) is 5.77. The van der Waals surface area contributed by atoms with E-state index in [0.29, 0.717) is 0 Å². The average molecular weight is 334 g/mol. The van der Waals surface area contributed by atoms with Crippen molar-refractivity contribution in [1.29, 1.82) is 0 Å². The first-order valence-corrected chi connectivity index (χ1v) is 7.04. The number of amides is 1. The maximum absolute atomic E-state index is 11.7. The smallest absolute Gasteiger partial charge is 0.293 e. The van der Waals surface area contributed by atoms with Gasteiger partial charge in [0, 0.05) is 24.6 Å². The lowest BCUT2D eigenvalue weighted by atomic mass is 10.1. The summed E-state index contributed by atoms with van der Waals surface area (Å²) in [5.41, 5.74) is -0.259. The zero-order chi connectivity index (χ0) is 16.2. The summed E-state index contributed by atoms with van der Waals surface area (Å²) in [4.78, 5) is 22.1. The number of carbonyl (C=O) groups excluding carboxylic acids is 1. The van der Waals surface area contributed by atoms with Crippen molar-refractivity contribution in [3.8, 4) is 0 Å². The van der Waals surface area contributed by atoms with Crippen LogP contribution in [0, 0.1) is 10.1 Å². The van der Waals surface area contributed by atoms with Crippen LogP contribution in [-0.2, 0) is 4.79 Å². The molecule has 0 aliphatic carbocycles. The molecule has 0 fully saturated rings. The van der Waals surface area contributed by atoms with Crippen LogP contribution in [0.25, 0.3) is 0 Å². The Morgan fingerprint density at radius 2 is 1.86 bits per heavy atom. The molecule has 1 aromatic carbocycles. The summed E-state index contributed by atoms with van der Waals surface area (Å²) in [6, 6.07) is 2.56. The molecule has 0 spiro atoms. The quantitative estimate of drug-likeness (QED) is 0.636. The highest BCUT2D eigenvalue weighted by molar-refractivity contribution is 6.42. The number of hydrogen-bond acceptors (Lipinski definition) is 4. The van der Waals surface area contributed by atoms with Gasteiger partial charge in [0.15, 0.2) is 0 Å². The van der Waals surface area contributed by atoms with Gasteiger partial charge < -0.3 is 10.6 Å². The highest BCUT2D eigenvalue weighted by Crippen LogP contribution is 2.33. The topological polar surface area (TPSA) is 84.3 Å². The number of nitrogens with one attached hydrogen (secondary N) is 2. The maximum Gasteiger partial charge on any atom is 0.293 e. The molecule has 1 aromatic rings. The van der Waals surface area contributed by atoms with Crippen molar-refractivity contribution < 1.29 is 9.72 Å². The lowest BCUT2D eigenvalue weighted by Crippen LogP contribution is -2.41. The van der Waals surface area contributed by atoms with Gasteiger partial charge in [-0.2, -0.15) is 0 Å². The van der Waals surface area contributed by atoms with Gasteiger partial charge in [0.05, 0.1) is 15.0 Å². The molecule has 21 heavy (non-hydrogen) atoms. The summed E-state index contributed by atoms with van der Waals surface area (Å²) >= 11 is 11.6. The second-order valence-corrected chi connectivity index (χ2v) is 6.33. The molecule has 0 saturated carbocycles. The number of nitrogens with zero attached hydrogens (tertiary/aromatic N) is 1. The van der Waals surface area contributed by atoms with Gasteiger partial charge in [0.2, 0.25) is 5.91 Å². The minimum absolute atomic E-state index is 0.111. The average Bonchev–Trinajstić information content (AvgIpc) is 2.30. The van der Waals surface area contributed by atoms with Crippen molar-refractivity contribution >= 4 is 40.5 Å². The van der Waals surface area contributed by atoms with Crippen molar-refractivity contribution in [2.24, 2.45) is 0 Å². The van der Waals surface area contributed by atoms with Crippen LogP contribution >= 0.6 is 23.2 Å². The second kappa shape index (κ2) is 6.95. The van der Waals surface area contributed by atoms with Crippen molar-refractivity contribution in [1.82, 2.24) is 5.32 Å². The summed E-state index contributed by atoms with van der Waals surface area (Å²) < 4.78 is 0. The Hall–Kier alpha value is -1.53. The Kier molecular flexibility index (Phi) is 5.80. The molecule has 0 aliphatic heterocycles. The van der Waals surface area contributed by atoms with Crippen LogP contribution in [0.15, 0.2) is 12.1 Å². The minimum atomic E-state index is -0.556. The van der Waals surface area contributed by atoms with E-state index in [1.807, 2.05) is 20.8 Å². The summed E-state index contributed by atoms with van der Waals surface area (Å²) in [5.74, 6) is -0.141. The van der Waals surface area contributed by atoms with E-state index in [0.717, 1.165) is 0 Å². The van der Waals surface area contributed by atoms with E-state index in [4.69, 9.17) is 23.2 Å². The normalized spacial score (nSPS) is 11.1. The van der Waals surface area contributed by atoms with Gasteiger partial charge in [-0.05, 0) is 26.8 Å². The fraction of sp³-hybridized carbons (Fsp3) is 0.462. The Bertz CT molecular complexity index is 556. The van der Waals surface area contributed by atoms with Gasteiger partial charge in [0.25, 0.3) is 5.69 Å². The van der Waals surface area contributed by atoms with E-state index < -0.39 is 4.92 Å². The van der Waals surface area contributed by atoms with Crippen LogP contribution in [0.3, 0.4) is 0 Å². The number of anilines is 1. The highest BCUT2D eigenvalue weighted by atomic mass is 35.5. The molecule has 0 unspecified atom stereocenters. The molecule has 1 rings (SSSR count). The van der Waals surface area contributed by atoms with Gasteiger partial charge in [-0.15, -0.1) is 0 Å². The molecule has 1 amide bonds. The number of hydrogen-bond donors (Lipinski definition) is 2. The monoisotopic (exact) mass is 333 g/mol. The maximum atomic E-state index is 11.7. The van der Waals surface area contributed by atoms with Crippen LogP contribution < -0.4 is 10.6 Å². The van der Waals surface area contributed by atoms with Crippen molar-refractivity contribution in [2.75, 3.05) is 11.9 Å². The SMILES string of the molecule is CC(C)(C)NC(=O)CCNc1cc(Cl)c(Cl)cc1[N+](=O)[O-]. The van der Waals surface area contributed by atoms with Crippen LogP contribution in [-0.4, -0.2) is 22.9 Å². The van der Waals surface area contributed by atoms with Gasteiger partial charge in [-0.25, -0.2) is 0 Å². The van der Waals surface area contributed by atoms with E-state index in [1.54, 1.807) is 0 Å². The molecule has 116 valence electrons. The van der Waals surface area contributed by atoms with Crippen LogP contribution in [0.5, 0.6) is 0 Å². The lowest BCUT2D eigenvalue weighted by Gasteiger charge is -2.20. The van der Waals surface area contributed by atoms with Gasteiger partial charge >= 0.3 is 0 Å². The molecular formula is C13H17Cl2N3O3. The molecule has 6 nitrogen and oxygen atoms in total. The van der Waals surface area contributed by atoms with Crippen molar-refractivity contribution in [3.05, 3.63) is 32.3 Å². The number of halogens is 2. The van der Waals surface area contributed by atoms with E-state index in [-0.39, 0.29) is 45.8 Å². The van der Waals surface area contributed by atoms with E-state index in [1.165, 1.54) is 12.1 Å².